The van der Waals surface area contributed by atoms with E-state index >= 15 is 0 Å². The first kappa shape index (κ1) is 21.5. The van der Waals surface area contributed by atoms with Crippen molar-refractivity contribution in [3.05, 3.63) is 41.7 Å². The minimum absolute atomic E-state index is 0. The number of nitrogens with one attached hydrogen (secondary N) is 1. The topological polar surface area (TPSA) is 68.6 Å². The van der Waals surface area contributed by atoms with Gasteiger partial charge in [-0.05, 0) is 36.6 Å². The summed E-state index contributed by atoms with van der Waals surface area (Å²) in [5.41, 5.74) is 2.10. The van der Waals surface area contributed by atoms with Crippen LogP contribution in [-0.4, -0.2) is 53.9 Å². The van der Waals surface area contributed by atoms with Crippen LogP contribution in [-0.2, 0) is 18.4 Å². The van der Waals surface area contributed by atoms with Gasteiger partial charge in [-0.15, -0.1) is 12.4 Å². The zero-order valence-electron chi connectivity index (χ0n) is 17.1. The quantitative estimate of drug-likeness (QED) is 0.744. The van der Waals surface area contributed by atoms with Gasteiger partial charge in [-0.2, -0.15) is 5.10 Å². The van der Waals surface area contributed by atoms with Crippen molar-refractivity contribution in [1.82, 2.24) is 20.0 Å². The predicted octanol–water partition coefficient (Wildman–Crippen LogP) is 2.35. The molecule has 29 heavy (non-hydrogen) atoms. The molecule has 1 N–H and O–H groups in total. The van der Waals surface area contributed by atoms with Gasteiger partial charge in [0.25, 0.3) is 0 Å². The zero-order valence-corrected chi connectivity index (χ0v) is 17.9. The highest BCUT2D eigenvalue weighted by Gasteiger charge is 2.41. The Labute approximate surface area is 177 Å². The fourth-order valence-corrected chi connectivity index (χ4v) is 4.10. The van der Waals surface area contributed by atoms with Crippen LogP contribution >= 0.6 is 12.4 Å². The lowest BCUT2D eigenvalue weighted by molar-refractivity contribution is -0.136. The maximum absolute atomic E-state index is 13.6. The van der Waals surface area contributed by atoms with Crippen LogP contribution < -0.4 is 14.8 Å². The minimum atomic E-state index is -0.0681. The SMILES string of the molecule is COc1ccc(OC)c(CN(C(=O)[C@H]2CNC[C@@H]2c2cnn(C)c2)C2CC2)c1.Cl. The molecule has 1 aliphatic carbocycles. The van der Waals surface area contributed by atoms with E-state index in [0.29, 0.717) is 19.1 Å². The number of aryl methyl sites for hydroxylation is 1. The summed E-state index contributed by atoms with van der Waals surface area (Å²) in [4.78, 5) is 15.6. The number of rotatable bonds is 7. The molecule has 4 rings (SSSR count). The van der Waals surface area contributed by atoms with Crippen LogP contribution in [0.4, 0.5) is 0 Å². The van der Waals surface area contributed by atoms with E-state index in [1.807, 2.05) is 42.5 Å². The lowest BCUT2D eigenvalue weighted by atomic mass is 9.89. The number of aromatic nitrogens is 2. The van der Waals surface area contributed by atoms with Crippen LogP contribution in [0.5, 0.6) is 11.5 Å². The molecule has 0 bridgehead atoms. The molecule has 1 saturated heterocycles. The molecule has 0 spiro atoms. The molecule has 0 radical (unpaired) electrons. The second-order valence-electron chi connectivity index (χ2n) is 7.69. The molecule has 2 aliphatic rings. The Morgan fingerprint density at radius 2 is 2.07 bits per heavy atom. The Balaban J connectivity index is 0.00000240. The molecule has 1 saturated carbocycles. The van der Waals surface area contributed by atoms with Crippen LogP contribution in [0.25, 0.3) is 0 Å². The highest BCUT2D eigenvalue weighted by Crippen LogP contribution is 2.36. The highest BCUT2D eigenvalue weighted by molar-refractivity contribution is 5.85. The molecule has 8 heteroatoms. The van der Waals surface area contributed by atoms with Crippen molar-refractivity contribution in [3.8, 4) is 11.5 Å². The van der Waals surface area contributed by atoms with E-state index in [1.54, 1.807) is 18.9 Å². The van der Waals surface area contributed by atoms with Gasteiger partial charge in [0.2, 0.25) is 5.91 Å². The summed E-state index contributed by atoms with van der Waals surface area (Å²) in [6.45, 7) is 2.06. The third kappa shape index (κ3) is 4.51. The van der Waals surface area contributed by atoms with Gasteiger partial charge in [0.1, 0.15) is 11.5 Å². The summed E-state index contributed by atoms with van der Waals surface area (Å²) in [6.07, 6.45) is 6.03. The van der Waals surface area contributed by atoms with Crippen molar-refractivity contribution < 1.29 is 14.3 Å². The fourth-order valence-electron chi connectivity index (χ4n) is 4.10. The van der Waals surface area contributed by atoms with Crippen LogP contribution in [0.3, 0.4) is 0 Å². The first-order valence-electron chi connectivity index (χ1n) is 9.81. The molecule has 2 aromatic rings. The average molecular weight is 421 g/mol. The van der Waals surface area contributed by atoms with Crippen molar-refractivity contribution in [2.75, 3.05) is 27.3 Å². The third-order valence-electron chi connectivity index (χ3n) is 5.78. The summed E-state index contributed by atoms with van der Waals surface area (Å²) in [6, 6.07) is 6.07. The molecule has 1 aromatic carbocycles. The Kier molecular flexibility index (Phi) is 6.70. The van der Waals surface area contributed by atoms with Crippen molar-refractivity contribution in [1.29, 1.82) is 0 Å². The number of amides is 1. The molecule has 158 valence electrons. The predicted molar refractivity (Wildman–Crippen MR) is 113 cm³/mol. The molecule has 7 nitrogen and oxygen atoms in total. The van der Waals surface area contributed by atoms with Gasteiger partial charge in [0.15, 0.2) is 0 Å². The molecular weight excluding hydrogens is 392 g/mol. The fraction of sp³-hybridized carbons (Fsp3) is 0.524. The smallest absolute Gasteiger partial charge is 0.228 e. The summed E-state index contributed by atoms with van der Waals surface area (Å²) >= 11 is 0. The second-order valence-corrected chi connectivity index (χ2v) is 7.69. The molecular formula is C21H29ClN4O3. The number of benzene rings is 1. The van der Waals surface area contributed by atoms with Crippen molar-refractivity contribution in [2.45, 2.75) is 31.3 Å². The van der Waals surface area contributed by atoms with Gasteiger partial charge >= 0.3 is 0 Å². The van der Waals surface area contributed by atoms with Gasteiger partial charge in [-0.25, -0.2) is 0 Å². The van der Waals surface area contributed by atoms with Gasteiger partial charge in [-0.3, -0.25) is 9.48 Å². The average Bonchev–Trinajstić information content (AvgIpc) is 3.26. The maximum atomic E-state index is 13.6. The number of nitrogens with zero attached hydrogens (tertiary/aromatic N) is 3. The van der Waals surface area contributed by atoms with E-state index in [9.17, 15) is 4.79 Å². The van der Waals surface area contributed by atoms with E-state index < -0.39 is 0 Å². The third-order valence-corrected chi connectivity index (χ3v) is 5.78. The lowest BCUT2D eigenvalue weighted by Crippen LogP contribution is -2.39. The first-order chi connectivity index (χ1) is 13.6. The lowest BCUT2D eigenvalue weighted by Gasteiger charge is -2.28. The Hall–Kier alpha value is -2.25. The van der Waals surface area contributed by atoms with Gasteiger partial charge < -0.3 is 19.7 Å². The van der Waals surface area contributed by atoms with Crippen molar-refractivity contribution in [2.24, 2.45) is 13.0 Å². The Morgan fingerprint density at radius 1 is 1.28 bits per heavy atom. The molecule has 0 unspecified atom stereocenters. The Bertz CT molecular complexity index is 852. The molecule has 1 amide bonds. The normalized spacial score (nSPS) is 20.8. The van der Waals surface area contributed by atoms with E-state index in [2.05, 4.69) is 10.4 Å². The second kappa shape index (κ2) is 9.05. The minimum Gasteiger partial charge on any atom is -0.497 e. The molecule has 1 aliphatic heterocycles. The number of halogens is 1. The monoisotopic (exact) mass is 420 g/mol. The van der Waals surface area contributed by atoms with Gasteiger partial charge in [-0.1, -0.05) is 0 Å². The van der Waals surface area contributed by atoms with Crippen LogP contribution in [0.2, 0.25) is 0 Å². The summed E-state index contributed by atoms with van der Waals surface area (Å²) in [5.74, 6) is 1.87. The number of hydrogen-bond acceptors (Lipinski definition) is 5. The summed E-state index contributed by atoms with van der Waals surface area (Å²) < 4.78 is 12.7. The summed E-state index contributed by atoms with van der Waals surface area (Å²) in [7, 11) is 5.22. The number of carbonyl (C=O) groups is 1. The van der Waals surface area contributed by atoms with Crippen LogP contribution in [0.15, 0.2) is 30.6 Å². The van der Waals surface area contributed by atoms with E-state index in [-0.39, 0.29) is 30.2 Å². The summed E-state index contributed by atoms with van der Waals surface area (Å²) in [5, 5.41) is 7.69. The van der Waals surface area contributed by atoms with E-state index in [1.165, 1.54) is 0 Å². The van der Waals surface area contributed by atoms with Gasteiger partial charge in [0, 0.05) is 50.4 Å². The number of methoxy groups -OCH3 is 2. The number of ether oxygens (including phenoxy) is 2. The van der Waals surface area contributed by atoms with Crippen LogP contribution in [0, 0.1) is 5.92 Å². The first-order valence-corrected chi connectivity index (χ1v) is 9.81. The van der Waals surface area contributed by atoms with Crippen LogP contribution in [0.1, 0.15) is 29.9 Å². The zero-order chi connectivity index (χ0) is 19.7. The van der Waals surface area contributed by atoms with Crippen molar-refractivity contribution >= 4 is 18.3 Å². The van der Waals surface area contributed by atoms with E-state index in [4.69, 9.17) is 9.47 Å². The Morgan fingerprint density at radius 3 is 2.69 bits per heavy atom. The maximum Gasteiger partial charge on any atom is 0.228 e. The van der Waals surface area contributed by atoms with Gasteiger partial charge in [0.05, 0.1) is 26.3 Å². The molecule has 2 heterocycles. The molecule has 2 fully saturated rings. The largest absolute Gasteiger partial charge is 0.497 e. The van der Waals surface area contributed by atoms with E-state index in [0.717, 1.165) is 42.0 Å². The standard InChI is InChI=1S/C21H28N4O3.ClH/c1-24-12-15(9-23-24)18-10-22-11-19(18)21(26)25(16-4-5-16)13-14-8-17(27-2)6-7-20(14)28-3;/h6-9,12,16,18-19,22H,4-5,10-11,13H2,1-3H3;1H/t18-,19+;/m1./s1. The van der Waals surface area contributed by atoms with Crippen molar-refractivity contribution in [3.63, 3.8) is 0 Å². The number of carbonyl (C=O) groups excluding carboxylic acids is 1. The highest BCUT2D eigenvalue weighted by atomic mass is 35.5. The molecule has 2 atom stereocenters. The molecule has 1 aromatic heterocycles. The number of hydrogen-bond donors (Lipinski definition) is 1.